The summed E-state index contributed by atoms with van der Waals surface area (Å²) in [6, 6.07) is 9.75. The van der Waals surface area contributed by atoms with E-state index in [0.717, 1.165) is 36.1 Å². The molecule has 1 fully saturated rings. The number of carboxylic acid groups (broad SMARTS) is 2. The van der Waals surface area contributed by atoms with E-state index in [2.05, 4.69) is 102 Å². The fourth-order valence-corrected chi connectivity index (χ4v) is 18.1. The number of ketones is 2. The number of aromatic nitrogens is 3. The molecule has 10 atom stereocenters. The summed E-state index contributed by atoms with van der Waals surface area (Å²) in [5.41, 5.74) is 16.8. The van der Waals surface area contributed by atoms with Crippen LogP contribution in [0.5, 0.6) is 0 Å². The Hall–Kier alpha value is -7.24. The van der Waals surface area contributed by atoms with Gasteiger partial charge in [0.25, 0.3) is 5.91 Å². The van der Waals surface area contributed by atoms with Gasteiger partial charge in [0.05, 0.1) is 47.8 Å². The topological polar surface area (TPSA) is 475 Å². The molecular weight excluding hydrogens is 1490 g/mol. The predicted molar refractivity (Wildman–Crippen MR) is 401 cm³/mol. The number of nitrogens with one attached hydrogen (secondary N) is 3. The highest BCUT2D eigenvalue weighted by atomic mass is 33.1. The number of hydrogen-bond donors (Lipinski definition) is 11. The number of allylic oxidation sites excluding steroid dienone is 4. The van der Waals surface area contributed by atoms with Gasteiger partial charge in [0.1, 0.15) is 41.9 Å². The quantitative estimate of drug-likeness (QED) is 0.00852. The molecule has 2 aromatic carbocycles. The van der Waals surface area contributed by atoms with E-state index in [0.29, 0.717) is 79.8 Å². The van der Waals surface area contributed by atoms with Crippen molar-refractivity contribution in [2.24, 2.45) is 16.8 Å². The molecule has 12 N–H and O–H groups in total. The number of aliphatic imine (C=N–C) groups is 1. The Kier molecular flexibility index (Phi) is 33.3. The van der Waals surface area contributed by atoms with Gasteiger partial charge >= 0.3 is 35.4 Å². The lowest BCUT2D eigenvalue weighted by Crippen LogP contribution is -2.52. The molecule has 4 amide bonds. The number of carbonyl (C=O) groups excluding carboxylic acids is 6. The molecule has 7 rings (SSSR count). The number of amides is 4. The maximum Gasteiger partial charge on any atom is 0.490 e. The van der Waals surface area contributed by atoms with Gasteiger partial charge in [-0.15, -0.1) is 0 Å². The van der Waals surface area contributed by atoms with Crippen molar-refractivity contribution in [2.75, 3.05) is 50.5 Å². The monoisotopic (exact) mass is 1580 g/mol. The molecule has 2 aliphatic carbocycles. The number of carboxylic acids is 2. The molecule has 36 heteroatoms. The number of aliphatic carboxylic acids is 2. The number of ether oxygens (including phenoxy) is 1. The Bertz CT molecular complexity index is 4210. The molecule has 8 unspecified atom stereocenters. The number of aliphatic hydroxyl groups is 1. The van der Waals surface area contributed by atoms with Crippen LogP contribution >= 0.6 is 45.1 Å². The SMILES string of the molecule is CCCc1cc2c(cc1C)C(c1ccccc1C(=O)N(C)CCCC(=O)NCCCCCC(=O)NC(CCCSSCCC(=O)CCC#Cc1cn([C@H]3CC(O)[C@@H](COP(=O)(O)OP(=O)(O)OP(=O)(O)O)O3)c3ncnc(N)c13)C(=O)NC(CC(=O)O)C(=O)CC(CC)C(=O)O)C1C=C(C)C(=NCC)C=C1C2. The van der Waals surface area contributed by atoms with Gasteiger partial charge in [0.15, 0.2) is 5.78 Å². The number of rotatable bonds is 43. The molecule has 4 aromatic rings. The average Bonchev–Trinajstić information content (AvgIpc) is 1.35. The standard InChI is InChI=1S/C71H96N9O22P3S2/c1-7-19-46-34-48-35-49-36-56(73-9-3)44(5)33-54(49)66(53(48)32-43(46)4)51-22-14-15-23-52(51)70(89)79(6)29-17-26-61(84)74-28-16-10-11-25-62(85)77-55(69(88)78-57(38-64(86)87)58(82)37-45(8-2)71(90)91)24-18-30-106-107-31-27-50(81)21-13-12-20-47-40-80(68-65(47)67(72)75-42-76-68)63-39-59(83)60(100-63)41-99-104(95,96)102-105(97,98)101-103(92,93)94/h14-15,22-23,32-34,36,40,42,45,54-55,57,59-60,63,66,83H,7-11,13,16-19,21,24-31,35,37-39,41H2,1-6H3,(H,74,84)(H,77,85)(H,78,88)(H,86,87)(H,90,91)(H,95,96)(H,97,98)(H2,72,75,76)(H2,92,93,94)/t45?,54?,55?,57?,59?,60-,63-,66?/m1/s1. The normalized spacial score (nSPS) is 19.3. The first-order valence-electron chi connectivity index (χ1n) is 35.4. The number of unbranched alkanes of at least 4 members (excludes halogenated alkanes) is 2. The number of nitrogens with zero attached hydrogens (tertiary/aromatic N) is 5. The maximum atomic E-state index is 14.4. The average molecular weight is 1580 g/mol. The number of Topliss-reactive ketones (excluding diaryl/α,β-unsaturated/α-hetero) is 2. The lowest BCUT2D eigenvalue weighted by molar-refractivity contribution is -0.144. The van der Waals surface area contributed by atoms with Gasteiger partial charge in [-0.2, -0.15) is 8.62 Å². The summed E-state index contributed by atoms with van der Waals surface area (Å²) in [5, 5.41) is 38.4. The van der Waals surface area contributed by atoms with E-state index in [1.54, 1.807) is 18.9 Å². The largest absolute Gasteiger partial charge is 0.490 e. The Balaban J connectivity index is 0.850. The second-order valence-corrected chi connectivity index (χ2v) is 33.5. The number of aryl methyl sites for hydroxylation is 2. The van der Waals surface area contributed by atoms with E-state index in [-0.39, 0.29) is 92.3 Å². The summed E-state index contributed by atoms with van der Waals surface area (Å²) >= 11 is 0. The van der Waals surface area contributed by atoms with Crippen LogP contribution in [0, 0.1) is 30.6 Å². The highest BCUT2D eigenvalue weighted by Crippen LogP contribution is 2.66. The van der Waals surface area contributed by atoms with E-state index in [1.165, 1.54) is 66.5 Å². The zero-order valence-electron chi connectivity index (χ0n) is 60.6. The predicted octanol–water partition coefficient (Wildman–Crippen LogP) is 8.91. The van der Waals surface area contributed by atoms with Gasteiger partial charge in [-0.05, 0) is 118 Å². The molecule has 1 saturated heterocycles. The zero-order valence-corrected chi connectivity index (χ0v) is 64.9. The molecule has 0 spiro atoms. The summed E-state index contributed by atoms with van der Waals surface area (Å²) < 4.78 is 54.4. The summed E-state index contributed by atoms with van der Waals surface area (Å²) in [4.78, 5) is 156. The minimum atomic E-state index is -5.80. The van der Waals surface area contributed by atoms with Crippen molar-refractivity contribution in [3.8, 4) is 11.8 Å². The number of hydrogen-bond acceptors (Lipinski definition) is 22. The van der Waals surface area contributed by atoms with E-state index >= 15 is 0 Å². The van der Waals surface area contributed by atoms with Crippen LogP contribution in [-0.2, 0) is 78.0 Å². The number of nitrogens with two attached hydrogens (primary N) is 1. The molecule has 0 radical (unpaired) electrons. The molecule has 0 bridgehead atoms. The first kappa shape index (κ1) is 87.0. The van der Waals surface area contributed by atoms with Crippen LogP contribution in [0.3, 0.4) is 0 Å². The summed E-state index contributed by atoms with van der Waals surface area (Å²) in [6.45, 7) is 10.5. The molecular formula is C71H96N9O22P3S2. The number of fused-ring (bicyclic) bond motifs is 3. The number of phosphoric acid groups is 3. The van der Waals surface area contributed by atoms with Crippen molar-refractivity contribution in [3.63, 3.8) is 0 Å². The van der Waals surface area contributed by atoms with Crippen LogP contribution in [0.25, 0.3) is 11.0 Å². The Morgan fingerprint density at radius 1 is 0.860 bits per heavy atom. The number of carbonyl (C=O) groups is 8. The smallest absolute Gasteiger partial charge is 0.481 e. The number of anilines is 1. The highest BCUT2D eigenvalue weighted by Gasteiger charge is 2.44. The van der Waals surface area contributed by atoms with Crippen LogP contribution in [0.2, 0.25) is 0 Å². The van der Waals surface area contributed by atoms with Gasteiger partial charge in [0.2, 0.25) is 17.7 Å². The number of benzene rings is 2. The molecule has 584 valence electrons. The fraction of sp³-hybridized carbons (Fsp3) is 0.535. The third kappa shape index (κ3) is 26.2. The van der Waals surface area contributed by atoms with Crippen molar-refractivity contribution >= 4 is 115 Å². The van der Waals surface area contributed by atoms with Crippen molar-refractivity contribution in [1.82, 2.24) is 35.4 Å². The van der Waals surface area contributed by atoms with Crippen molar-refractivity contribution < 1.29 is 105 Å². The first-order chi connectivity index (χ1) is 50.7. The molecule has 31 nitrogen and oxygen atoms in total. The summed E-state index contributed by atoms with van der Waals surface area (Å²) in [7, 11) is -12.4. The molecule has 3 aliphatic rings. The number of nitrogen functional groups attached to an aromatic ring is 1. The molecule has 0 saturated carbocycles. The Morgan fingerprint density at radius 3 is 2.31 bits per heavy atom. The summed E-state index contributed by atoms with van der Waals surface area (Å²) in [5.74, 6) is 0.456. The highest BCUT2D eigenvalue weighted by molar-refractivity contribution is 8.76. The second-order valence-electron chi connectivity index (χ2n) is 26.4. The van der Waals surface area contributed by atoms with Crippen molar-refractivity contribution in [3.05, 3.63) is 111 Å². The van der Waals surface area contributed by atoms with E-state index in [4.69, 9.17) is 25.2 Å². The third-order valence-electron chi connectivity index (χ3n) is 18.3. The maximum absolute atomic E-state index is 14.4. The van der Waals surface area contributed by atoms with Crippen LogP contribution < -0.4 is 21.7 Å². The van der Waals surface area contributed by atoms with Gasteiger partial charge < -0.3 is 70.8 Å². The fourth-order valence-electron chi connectivity index (χ4n) is 13.0. The second kappa shape index (κ2) is 41.0. The van der Waals surface area contributed by atoms with Crippen molar-refractivity contribution in [1.29, 1.82) is 0 Å². The molecule has 3 heterocycles. The zero-order chi connectivity index (χ0) is 78.3. The Morgan fingerprint density at radius 2 is 1.60 bits per heavy atom. The van der Waals surface area contributed by atoms with Crippen LogP contribution in [0.15, 0.2) is 77.2 Å². The third-order valence-corrected chi connectivity index (χ3v) is 24.6. The van der Waals surface area contributed by atoms with Crippen molar-refractivity contribution in [2.45, 2.75) is 187 Å². The van der Waals surface area contributed by atoms with Crippen LogP contribution in [0.4, 0.5) is 5.82 Å². The van der Waals surface area contributed by atoms with E-state index < -0.39 is 109 Å². The van der Waals surface area contributed by atoms with Gasteiger partial charge in [-0.3, -0.25) is 47.9 Å². The van der Waals surface area contributed by atoms with Gasteiger partial charge in [0, 0.05) is 107 Å². The minimum Gasteiger partial charge on any atom is -0.481 e. The van der Waals surface area contributed by atoms with E-state index in [1.807, 2.05) is 25.1 Å². The van der Waals surface area contributed by atoms with Gasteiger partial charge in [-0.1, -0.05) is 102 Å². The molecule has 2 aromatic heterocycles. The lowest BCUT2D eigenvalue weighted by Gasteiger charge is -2.38. The summed E-state index contributed by atoms with van der Waals surface area (Å²) in [6.07, 6.45) is 7.85. The van der Waals surface area contributed by atoms with Crippen LogP contribution in [0.1, 0.15) is 186 Å². The van der Waals surface area contributed by atoms with E-state index in [9.17, 15) is 77.2 Å². The molecule has 1 aliphatic heterocycles. The first-order valence-corrected chi connectivity index (χ1v) is 42.4. The number of aliphatic hydroxyl groups excluding tert-OH is 1. The Labute approximate surface area is 628 Å². The molecule has 107 heavy (non-hydrogen) atoms. The number of phosphoric ester groups is 1. The lowest BCUT2D eigenvalue weighted by atomic mass is 9.65. The van der Waals surface area contributed by atoms with Crippen LogP contribution in [-0.4, -0.2) is 176 Å². The minimum absolute atomic E-state index is 0.00208. The van der Waals surface area contributed by atoms with Gasteiger partial charge in [-0.25, -0.2) is 23.7 Å².